The average molecular weight is 640 g/mol. The molecular formula is C37H42FN5O4. The molecule has 2 saturated heterocycles. The minimum Gasteiger partial charge on any atom is -0.478 e. The summed E-state index contributed by atoms with van der Waals surface area (Å²) in [6.07, 6.45) is 3.56. The second-order valence-electron chi connectivity index (χ2n) is 13.4. The van der Waals surface area contributed by atoms with Gasteiger partial charge in [0.1, 0.15) is 5.82 Å². The third-order valence-electron chi connectivity index (χ3n) is 9.07. The number of hydrogen-bond acceptors (Lipinski definition) is 6. The molecule has 0 atom stereocenters. The van der Waals surface area contributed by atoms with Crippen molar-refractivity contribution in [2.24, 2.45) is 0 Å². The van der Waals surface area contributed by atoms with E-state index in [1.165, 1.54) is 17.7 Å². The lowest BCUT2D eigenvalue weighted by atomic mass is 9.89. The van der Waals surface area contributed by atoms with E-state index in [4.69, 9.17) is 4.74 Å². The predicted molar refractivity (Wildman–Crippen MR) is 181 cm³/mol. The van der Waals surface area contributed by atoms with E-state index in [9.17, 15) is 19.1 Å². The van der Waals surface area contributed by atoms with E-state index in [0.717, 1.165) is 56.8 Å². The summed E-state index contributed by atoms with van der Waals surface area (Å²) in [7, 11) is 0. The first kappa shape index (κ1) is 32.4. The molecule has 6 rings (SSSR count). The molecule has 246 valence electrons. The second kappa shape index (κ2) is 13.7. The van der Waals surface area contributed by atoms with Gasteiger partial charge in [0.25, 0.3) is 5.91 Å². The van der Waals surface area contributed by atoms with Gasteiger partial charge in [0.2, 0.25) is 0 Å². The van der Waals surface area contributed by atoms with Crippen molar-refractivity contribution in [2.75, 3.05) is 49.6 Å². The molecule has 47 heavy (non-hydrogen) atoms. The number of aromatic nitrogens is 2. The predicted octanol–water partition coefficient (Wildman–Crippen LogP) is 6.61. The number of morpholine rings is 1. The molecule has 2 N–H and O–H groups in total. The number of benzene rings is 3. The van der Waals surface area contributed by atoms with Gasteiger partial charge in [-0.1, -0.05) is 12.1 Å². The van der Waals surface area contributed by atoms with E-state index in [2.05, 4.69) is 32.3 Å². The molecule has 4 aromatic rings. The van der Waals surface area contributed by atoms with E-state index in [1.807, 2.05) is 43.7 Å². The van der Waals surface area contributed by atoms with Crippen molar-refractivity contribution in [3.05, 3.63) is 101 Å². The van der Waals surface area contributed by atoms with Crippen molar-refractivity contribution < 1.29 is 23.8 Å². The quantitative estimate of drug-likeness (QED) is 0.224. The highest BCUT2D eigenvalue weighted by atomic mass is 19.1. The summed E-state index contributed by atoms with van der Waals surface area (Å²) in [5.41, 5.74) is 5.85. The zero-order valence-electron chi connectivity index (χ0n) is 27.2. The van der Waals surface area contributed by atoms with Crippen LogP contribution in [0.4, 0.5) is 15.8 Å². The lowest BCUT2D eigenvalue weighted by molar-refractivity contribution is 0.0696. The molecule has 0 saturated carbocycles. The van der Waals surface area contributed by atoms with Crippen LogP contribution in [0, 0.1) is 5.82 Å². The molecule has 2 aliphatic rings. The van der Waals surface area contributed by atoms with E-state index in [1.54, 1.807) is 30.5 Å². The van der Waals surface area contributed by atoms with E-state index in [-0.39, 0.29) is 11.7 Å². The Labute approximate surface area is 275 Å². The fourth-order valence-electron chi connectivity index (χ4n) is 6.57. The van der Waals surface area contributed by atoms with Gasteiger partial charge < -0.3 is 20.1 Å². The first-order valence-corrected chi connectivity index (χ1v) is 16.2. The van der Waals surface area contributed by atoms with E-state index in [0.29, 0.717) is 47.2 Å². The summed E-state index contributed by atoms with van der Waals surface area (Å²) in [5.74, 6) is -1.13. The number of anilines is 2. The van der Waals surface area contributed by atoms with Crippen LogP contribution in [-0.4, -0.2) is 71.1 Å². The van der Waals surface area contributed by atoms with Gasteiger partial charge in [-0.15, -0.1) is 0 Å². The SMILES string of the molecule is CC(C)(C)n1ncc(C(=O)Nc2ccc(N3CCOCC3)c(CN3CCC(c4ccc(C(=O)O)cc4)CC3)c2)c1-c1ccc(F)cc1. The number of likely N-dealkylation sites (tertiary alicyclic amines) is 1. The van der Waals surface area contributed by atoms with Crippen molar-refractivity contribution in [1.29, 1.82) is 0 Å². The van der Waals surface area contributed by atoms with E-state index >= 15 is 0 Å². The van der Waals surface area contributed by atoms with Crippen LogP contribution >= 0.6 is 0 Å². The summed E-state index contributed by atoms with van der Waals surface area (Å²) < 4.78 is 21.2. The van der Waals surface area contributed by atoms with Crippen LogP contribution in [-0.2, 0) is 16.8 Å². The highest BCUT2D eigenvalue weighted by Crippen LogP contribution is 2.33. The van der Waals surface area contributed by atoms with Gasteiger partial charge in [0.15, 0.2) is 0 Å². The Morgan fingerprint density at radius 1 is 0.957 bits per heavy atom. The summed E-state index contributed by atoms with van der Waals surface area (Å²) in [4.78, 5) is 29.9. The van der Waals surface area contributed by atoms with Crippen LogP contribution in [0.2, 0.25) is 0 Å². The van der Waals surface area contributed by atoms with Crippen LogP contribution in [0.3, 0.4) is 0 Å². The number of carbonyl (C=O) groups excluding carboxylic acids is 1. The number of carbonyl (C=O) groups is 2. The number of halogens is 1. The van der Waals surface area contributed by atoms with Gasteiger partial charge in [-0.05, 0) is 118 Å². The van der Waals surface area contributed by atoms with Crippen LogP contribution in [0.15, 0.2) is 72.9 Å². The number of nitrogens with zero attached hydrogens (tertiary/aromatic N) is 4. The van der Waals surface area contributed by atoms with Crippen molar-refractivity contribution in [3.63, 3.8) is 0 Å². The van der Waals surface area contributed by atoms with Crippen LogP contribution in [0.1, 0.15) is 71.4 Å². The molecule has 9 nitrogen and oxygen atoms in total. The Morgan fingerprint density at radius 3 is 2.28 bits per heavy atom. The molecule has 0 aliphatic carbocycles. The molecule has 2 aliphatic heterocycles. The Morgan fingerprint density at radius 2 is 1.64 bits per heavy atom. The summed E-state index contributed by atoms with van der Waals surface area (Å²) in [6, 6.07) is 19.5. The number of amides is 1. The van der Waals surface area contributed by atoms with Crippen molar-refractivity contribution in [3.8, 4) is 11.3 Å². The van der Waals surface area contributed by atoms with Gasteiger partial charge in [-0.2, -0.15) is 5.10 Å². The maximum Gasteiger partial charge on any atom is 0.335 e. The number of hydrogen-bond donors (Lipinski definition) is 2. The fourth-order valence-corrected chi connectivity index (χ4v) is 6.57. The number of carboxylic acid groups (broad SMARTS) is 1. The standard InChI is InChI=1S/C37H42FN5O4/c1-37(2,3)43-34(27-8-10-30(38)11-9-27)32(23-39-43)35(44)40-31-12-13-33(42-18-20-47-21-19-42)29(22-31)24-41-16-14-26(15-17-41)25-4-6-28(7-5-25)36(45)46/h4-13,22-23,26H,14-21,24H2,1-3H3,(H,40,44)(H,45,46). The minimum absolute atomic E-state index is 0.278. The Bertz CT molecular complexity index is 1720. The molecule has 3 aromatic carbocycles. The van der Waals surface area contributed by atoms with Gasteiger partial charge >= 0.3 is 5.97 Å². The number of aromatic carboxylic acids is 1. The molecule has 0 radical (unpaired) electrons. The lowest BCUT2D eigenvalue weighted by Crippen LogP contribution is -2.38. The molecule has 1 aromatic heterocycles. The Balaban J connectivity index is 1.22. The van der Waals surface area contributed by atoms with Crippen molar-refractivity contribution in [2.45, 2.75) is 51.6 Å². The number of ether oxygens (including phenoxy) is 1. The molecule has 1 amide bonds. The number of piperidine rings is 1. The van der Waals surface area contributed by atoms with Crippen LogP contribution in [0.5, 0.6) is 0 Å². The average Bonchev–Trinajstić information content (AvgIpc) is 3.53. The molecule has 0 unspecified atom stereocenters. The van der Waals surface area contributed by atoms with Gasteiger partial charge in [-0.25, -0.2) is 9.18 Å². The summed E-state index contributed by atoms with van der Waals surface area (Å²) in [6.45, 7) is 11.6. The topological polar surface area (TPSA) is 99.9 Å². The summed E-state index contributed by atoms with van der Waals surface area (Å²) >= 11 is 0. The monoisotopic (exact) mass is 639 g/mol. The van der Waals surface area contributed by atoms with Crippen molar-refractivity contribution >= 4 is 23.3 Å². The first-order chi connectivity index (χ1) is 22.6. The van der Waals surface area contributed by atoms with Gasteiger partial charge in [0, 0.05) is 36.6 Å². The normalized spacial score (nSPS) is 16.3. The van der Waals surface area contributed by atoms with Crippen molar-refractivity contribution in [1.82, 2.24) is 14.7 Å². The first-order valence-electron chi connectivity index (χ1n) is 16.2. The third-order valence-corrected chi connectivity index (χ3v) is 9.07. The number of nitrogens with one attached hydrogen (secondary N) is 1. The number of rotatable bonds is 8. The highest BCUT2D eigenvalue weighted by Gasteiger charge is 2.27. The Kier molecular flexibility index (Phi) is 9.42. The maximum atomic E-state index is 13.8. The number of carboxylic acids is 1. The smallest absolute Gasteiger partial charge is 0.335 e. The zero-order chi connectivity index (χ0) is 33.1. The molecule has 2 fully saturated rings. The van der Waals surface area contributed by atoms with Crippen LogP contribution in [0.25, 0.3) is 11.3 Å². The maximum absolute atomic E-state index is 13.8. The minimum atomic E-state index is -0.908. The third kappa shape index (κ3) is 7.39. The zero-order valence-corrected chi connectivity index (χ0v) is 27.2. The summed E-state index contributed by atoms with van der Waals surface area (Å²) in [5, 5.41) is 16.9. The second-order valence-corrected chi connectivity index (χ2v) is 13.4. The van der Waals surface area contributed by atoms with E-state index < -0.39 is 11.5 Å². The molecular weight excluding hydrogens is 597 g/mol. The lowest BCUT2D eigenvalue weighted by Gasteiger charge is -2.35. The largest absolute Gasteiger partial charge is 0.478 e. The molecule has 0 bridgehead atoms. The fraction of sp³-hybridized carbons (Fsp3) is 0.378. The molecule has 10 heteroatoms. The highest BCUT2D eigenvalue weighted by molar-refractivity contribution is 6.08. The van der Waals surface area contributed by atoms with Crippen LogP contribution < -0.4 is 10.2 Å². The van der Waals surface area contributed by atoms with Gasteiger partial charge in [-0.3, -0.25) is 14.4 Å². The molecule has 3 heterocycles. The molecule has 0 spiro atoms. The Hall–Kier alpha value is -4.54. The van der Waals surface area contributed by atoms with Gasteiger partial charge in [0.05, 0.1) is 41.8 Å².